The molecule has 6 heteroatoms. The van der Waals surface area contributed by atoms with Crippen LogP contribution in [0.25, 0.3) is 0 Å². The third kappa shape index (κ3) is 2.30. The third-order valence-electron chi connectivity index (χ3n) is 1.82. The van der Waals surface area contributed by atoms with Crippen molar-refractivity contribution in [3.63, 3.8) is 0 Å². The Kier molecular flexibility index (Phi) is 2.73. The lowest BCUT2D eigenvalue weighted by Crippen LogP contribution is -2.19. The van der Waals surface area contributed by atoms with Gasteiger partial charge in [-0.15, -0.1) is 5.11 Å². The van der Waals surface area contributed by atoms with E-state index >= 15 is 0 Å². The lowest BCUT2D eigenvalue weighted by atomic mass is 10.3. The number of benzene rings is 1. The first-order chi connectivity index (χ1) is 7.75. The van der Waals surface area contributed by atoms with Crippen LogP contribution >= 0.6 is 0 Å². The van der Waals surface area contributed by atoms with Gasteiger partial charge in [0.1, 0.15) is 5.82 Å². The van der Waals surface area contributed by atoms with E-state index in [4.69, 9.17) is 5.73 Å². The number of hydrogen-bond acceptors (Lipinski definition) is 5. The van der Waals surface area contributed by atoms with Gasteiger partial charge in [-0.05, 0) is 18.2 Å². The Morgan fingerprint density at radius 2 is 1.94 bits per heavy atom. The van der Waals surface area contributed by atoms with Gasteiger partial charge in [0.25, 0.3) is 0 Å². The molecular formula is C10H9N5O. The maximum absolute atomic E-state index is 11.3. The monoisotopic (exact) mass is 215 g/mol. The van der Waals surface area contributed by atoms with Gasteiger partial charge in [-0.3, -0.25) is 0 Å². The molecule has 0 radical (unpaired) electrons. The largest absolute Gasteiger partial charge is 0.383 e. The van der Waals surface area contributed by atoms with Crippen LogP contribution in [0.3, 0.4) is 0 Å². The molecule has 80 valence electrons. The first kappa shape index (κ1) is 10.0. The van der Waals surface area contributed by atoms with Gasteiger partial charge >= 0.3 is 5.69 Å². The van der Waals surface area contributed by atoms with E-state index in [1.807, 2.05) is 18.2 Å². The molecule has 2 rings (SSSR count). The van der Waals surface area contributed by atoms with Crippen molar-refractivity contribution in [2.75, 3.05) is 5.73 Å². The smallest absolute Gasteiger partial charge is 0.371 e. The molecule has 0 spiro atoms. The second-order valence-corrected chi connectivity index (χ2v) is 3.00. The zero-order valence-corrected chi connectivity index (χ0v) is 8.32. The normalized spacial score (nSPS) is 10.8. The minimum absolute atomic E-state index is 0.163. The van der Waals surface area contributed by atoms with Crippen LogP contribution in [-0.4, -0.2) is 9.66 Å². The fraction of sp³-hybridized carbons (Fsp3) is 0. The summed E-state index contributed by atoms with van der Waals surface area (Å²) in [5.74, 6) is 0.163. The Labute approximate surface area is 91.1 Å². The summed E-state index contributed by atoms with van der Waals surface area (Å²) in [6.45, 7) is 0. The summed E-state index contributed by atoms with van der Waals surface area (Å²) in [6.07, 6.45) is 1.41. The van der Waals surface area contributed by atoms with E-state index in [1.54, 1.807) is 12.1 Å². The van der Waals surface area contributed by atoms with Gasteiger partial charge < -0.3 is 5.73 Å². The van der Waals surface area contributed by atoms with Crippen LogP contribution < -0.4 is 11.4 Å². The van der Waals surface area contributed by atoms with E-state index in [0.717, 1.165) is 4.68 Å². The van der Waals surface area contributed by atoms with E-state index in [1.165, 1.54) is 12.3 Å². The molecule has 2 aromatic rings. The van der Waals surface area contributed by atoms with Crippen molar-refractivity contribution < 1.29 is 0 Å². The lowest BCUT2D eigenvalue weighted by Gasteiger charge is -1.95. The maximum atomic E-state index is 11.3. The predicted octanol–water partition coefficient (Wildman–Crippen LogP) is 1.37. The van der Waals surface area contributed by atoms with E-state index in [9.17, 15) is 4.79 Å². The van der Waals surface area contributed by atoms with Crippen molar-refractivity contribution in [1.82, 2.24) is 9.66 Å². The molecule has 0 saturated carbocycles. The van der Waals surface area contributed by atoms with Crippen LogP contribution in [0.2, 0.25) is 0 Å². The molecule has 0 aliphatic rings. The Hall–Kier alpha value is -2.50. The van der Waals surface area contributed by atoms with Crippen molar-refractivity contribution in [1.29, 1.82) is 0 Å². The first-order valence-electron chi connectivity index (χ1n) is 4.58. The van der Waals surface area contributed by atoms with Crippen LogP contribution in [0.5, 0.6) is 0 Å². The van der Waals surface area contributed by atoms with E-state index in [2.05, 4.69) is 15.3 Å². The van der Waals surface area contributed by atoms with Crippen LogP contribution in [0.15, 0.2) is 57.7 Å². The summed E-state index contributed by atoms with van der Waals surface area (Å²) in [5, 5.41) is 7.60. The van der Waals surface area contributed by atoms with Crippen molar-refractivity contribution in [2.24, 2.45) is 10.3 Å². The molecule has 0 saturated heterocycles. The zero-order chi connectivity index (χ0) is 11.4. The molecule has 0 aliphatic carbocycles. The Bertz CT molecular complexity index is 561. The van der Waals surface area contributed by atoms with Gasteiger partial charge in [0.2, 0.25) is 0 Å². The van der Waals surface area contributed by atoms with E-state index < -0.39 is 5.69 Å². The number of nitrogen functional groups attached to an aromatic ring is 1. The third-order valence-corrected chi connectivity index (χ3v) is 1.82. The molecule has 16 heavy (non-hydrogen) atoms. The molecule has 2 N–H and O–H groups in total. The molecule has 0 fully saturated rings. The number of anilines is 1. The minimum atomic E-state index is -0.556. The molecule has 1 aromatic heterocycles. The molecule has 0 atom stereocenters. The van der Waals surface area contributed by atoms with Crippen molar-refractivity contribution in [3.8, 4) is 0 Å². The van der Waals surface area contributed by atoms with Crippen LogP contribution in [0.1, 0.15) is 0 Å². The number of nitrogens with zero attached hydrogens (tertiary/aromatic N) is 4. The fourth-order valence-electron chi connectivity index (χ4n) is 1.07. The topological polar surface area (TPSA) is 85.6 Å². The highest BCUT2D eigenvalue weighted by Crippen LogP contribution is 2.09. The highest BCUT2D eigenvalue weighted by atomic mass is 16.1. The molecule has 0 aliphatic heterocycles. The van der Waals surface area contributed by atoms with E-state index in [-0.39, 0.29) is 5.82 Å². The van der Waals surface area contributed by atoms with Gasteiger partial charge in [0, 0.05) is 6.20 Å². The SMILES string of the molecule is Nc1ccn(N=Nc2ccccc2)c(=O)n1. The maximum Gasteiger partial charge on any atom is 0.371 e. The second-order valence-electron chi connectivity index (χ2n) is 3.00. The highest BCUT2D eigenvalue weighted by molar-refractivity contribution is 5.34. The molecular weight excluding hydrogens is 206 g/mol. The molecule has 6 nitrogen and oxygen atoms in total. The summed E-state index contributed by atoms with van der Waals surface area (Å²) in [5.41, 5.74) is 5.44. The van der Waals surface area contributed by atoms with Gasteiger partial charge in [-0.2, -0.15) is 9.66 Å². The fourth-order valence-corrected chi connectivity index (χ4v) is 1.07. The summed E-state index contributed by atoms with van der Waals surface area (Å²) >= 11 is 0. The summed E-state index contributed by atoms with van der Waals surface area (Å²) in [7, 11) is 0. The van der Waals surface area contributed by atoms with Crippen molar-refractivity contribution >= 4 is 11.5 Å². The summed E-state index contributed by atoms with van der Waals surface area (Å²) in [4.78, 5) is 14.8. The van der Waals surface area contributed by atoms with Crippen LogP contribution in [0, 0.1) is 0 Å². The average Bonchev–Trinajstić information content (AvgIpc) is 2.29. The molecule has 0 bridgehead atoms. The number of aromatic nitrogens is 2. The Morgan fingerprint density at radius 3 is 2.62 bits per heavy atom. The van der Waals surface area contributed by atoms with Gasteiger partial charge in [-0.25, -0.2) is 4.79 Å². The average molecular weight is 215 g/mol. The molecule has 1 heterocycles. The number of rotatable bonds is 2. The molecule has 1 aromatic carbocycles. The highest BCUT2D eigenvalue weighted by Gasteiger charge is 1.94. The second kappa shape index (κ2) is 4.35. The quantitative estimate of drug-likeness (QED) is 0.767. The standard InChI is InChI=1S/C10H9N5O/c11-9-6-7-15(10(16)12-9)14-13-8-4-2-1-3-5-8/h1-7H,(H2,11,12,16). The van der Waals surface area contributed by atoms with Gasteiger partial charge in [-0.1, -0.05) is 23.4 Å². The van der Waals surface area contributed by atoms with Gasteiger partial charge in [0.05, 0.1) is 5.69 Å². The minimum Gasteiger partial charge on any atom is -0.383 e. The lowest BCUT2D eigenvalue weighted by molar-refractivity contribution is 0.734. The zero-order valence-electron chi connectivity index (χ0n) is 8.32. The Morgan fingerprint density at radius 1 is 1.19 bits per heavy atom. The van der Waals surface area contributed by atoms with E-state index in [0.29, 0.717) is 5.69 Å². The molecule has 0 amide bonds. The number of nitrogens with two attached hydrogens (primary N) is 1. The molecule has 0 unspecified atom stereocenters. The summed E-state index contributed by atoms with van der Waals surface area (Å²) < 4.78 is 1.02. The van der Waals surface area contributed by atoms with Crippen molar-refractivity contribution in [2.45, 2.75) is 0 Å². The van der Waals surface area contributed by atoms with Crippen molar-refractivity contribution in [3.05, 3.63) is 53.1 Å². The number of hydrogen-bond donors (Lipinski definition) is 1. The van der Waals surface area contributed by atoms with Crippen LogP contribution in [0.4, 0.5) is 11.5 Å². The first-order valence-corrected chi connectivity index (χ1v) is 4.58. The van der Waals surface area contributed by atoms with Gasteiger partial charge in [0.15, 0.2) is 0 Å². The van der Waals surface area contributed by atoms with Crippen LogP contribution in [-0.2, 0) is 0 Å². The predicted molar refractivity (Wildman–Crippen MR) is 59.3 cm³/mol. The Balaban J connectivity index is 2.28. The summed E-state index contributed by atoms with van der Waals surface area (Å²) in [6, 6.07) is 10.6.